The molecule has 0 N–H and O–H groups in total. The van der Waals surface area contributed by atoms with Crippen molar-refractivity contribution in [3.63, 3.8) is 0 Å². The van der Waals surface area contributed by atoms with E-state index in [-0.39, 0.29) is 17.7 Å². The molecule has 0 atom stereocenters. The summed E-state index contributed by atoms with van der Waals surface area (Å²) in [5.74, 6) is 0.0484. The predicted octanol–water partition coefficient (Wildman–Crippen LogP) is 5.51. The molecular weight excluding hydrogens is 326 g/mol. The molecular formula is C22H33NO3. The van der Waals surface area contributed by atoms with Gasteiger partial charge in [0.05, 0.1) is 7.11 Å². The smallest absolute Gasteiger partial charge is 0.305 e. The Balaban J connectivity index is 0. The first kappa shape index (κ1) is 25.7. The van der Waals surface area contributed by atoms with Crippen LogP contribution in [0, 0.1) is 12.8 Å². The summed E-state index contributed by atoms with van der Waals surface area (Å²) < 4.78 is 4.26. The summed E-state index contributed by atoms with van der Waals surface area (Å²) in [6.45, 7) is 11.6. The molecule has 0 fully saturated rings. The average Bonchev–Trinajstić information content (AvgIpc) is 2.70. The molecule has 1 aromatic carbocycles. The molecule has 1 aromatic heterocycles. The summed E-state index contributed by atoms with van der Waals surface area (Å²) in [5, 5.41) is 0. The number of methoxy groups -OCH3 is 1. The van der Waals surface area contributed by atoms with Crippen LogP contribution in [-0.4, -0.2) is 23.8 Å². The van der Waals surface area contributed by atoms with Gasteiger partial charge in [-0.2, -0.15) is 0 Å². The second-order valence-electron chi connectivity index (χ2n) is 5.35. The van der Waals surface area contributed by atoms with Crippen LogP contribution in [0.4, 0.5) is 0 Å². The number of aromatic nitrogens is 1. The predicted molar refractivity (Wildman–Crippen MR) is 108 cm³/mol. The van der Waals surface area contributed by atoms with Gasteiger partial charge in [-0.1, -0.05) is 70.5 Å². The van der Waals surface area contributed by atoms with Crippen LogP contribution in [0.25, 0.3) is 0 Å². The molecule has 0 aliphatic carbocycles. The highest BCUT2D eigenvalue weighted by Crippen LogP contribution is 2.05. The lowest BCUT2D eigenvalue weighted by atomic mass is 10.0. The fourth-order valence-corrected chi connectivity index (χ4v) is 1.52. The molecule has 4 nitrogen and oxygen atoms in total. The Morgan fingerprint density at radius 3 is 1.88 bits per heavy atom. The maximum Gasteiger partial charge on any atom is 0.305 e. The van der Waals surface area contributed by atoms with E-state index in [1.807, 2.05) is 45.9 Å². The molecule has 4 heteroatoms. The van der Waals surface area contributed by atoms with E-state index >= 15 is 0 Å². The Kier molecular flexibility index (Phi) is 17.2. The molecule has 2 aromatic rings. The standard InChI is InChI=1S/C9H11NO.C7H8.C4H8O2.C2H6/c1-7(2)9(11)8-4-3-5-10-6-8;1-7-5-3-2-4-6-7;1-3-4(5)6-2;1-2/h3-7H,1-2H3;2-6H,1H3;3H2,1-2H3;1-2H3. The van der Waals surface area contributed by atoms with E-state index in [4.69, 9.17) is 0 Å². The highest BCUT2D eigenvalue weighted by molar-refractivity contribution is 5.97. The molecule has 144 valence electrons. The van der Waals surface area contributed by atoms with Gasteiger partial charge >= 0.3 is 5.97 Å². The number of ketones is 1. The van der Waals surface area contributed by atoms with Crippen LogP contribution in [-0.2, 0) is 9.53 Å². The topological polar surface area (TPSA) is 56.3 Å². The number of benzene rings is 1. The van der Waals surface area contributed by atoms with Gasteiger partial charge in [0.2, 0.25) is 0 Å². The number of ether oxygens (including phenoxy) is 1. The number of hydrogen-bond acceptors (Lipinski definition) is 4. The first-order chi connectivity index (χ1) is 12.4. The van der Waals surface area contributed by atoms with Crippen molar-refractivity contribution in [1.82, 2.24) is 4.98 Å². The molecule has 0 spiro atoms. The van der Waals surface area contributed by atoms with E-state index < -0.39 is 0 Å². The number of pyridine rings is 1. The monoisotopic (exact) mass is 359 g/mol. The molecule has 0 unspecified atom stereocenters. The van der Waals surface area contributed by atoms with Gasteiger partial charge in [-0.3, -0.25) is 14.6 Å². The quantitative estimate of drug-likeness (QED) is 0.535. The van der Waals surface area contributed by atoms with Gasteiger partial charge in [0.15, 0.2) is 5.78 Å². The van der Waals surface area contributed by atoms with Gasteiger partial charge in [0, 0.05) is 30.3 Å². The average molecular weight is 360 g/mol. The Labute approximate surface area is 158 Å². The summed E-state index contributed by atoms with van der Waals surface area (Å²) in [6, 6.07) is 13.8. The van der Waals surface area contributed by atoms with E-state index in [2.05, 4.69) is 28.8 Å². The Morgan fingerprint density at radius 1 is 1.04 bits per heavy atom. The molecule has 0 amide bonds. The van der Waals surface area contributed by atoms with Crippen LogP contribution >= 0.6 is 0 Å². The van der Waals surface area contributed by atoms with Crippen molar-refractivity contribution in [3.8, 4) is 0 Å². The molecule has 2 rings (SSSR count). The number of aryl methyl sites for hydroxylation is 1. The highest BCUT2D eigenvalue weighted by atomic mass is 16.5. The fourth-order valence-electron chi connectivity index (χ4n) is 1.52. The van der Waals surface area contributed by atoms with E-state index in [0.29, 0.717) is 12.0 Å². The number of carbonyl (C=O) groups excluding carboxylic acids is 2. The van der Waals surface area contributed by atoms with Crippen LogP contribution in [0.2, 0.25) is 0 Å². The number of Topliss-reactive ketones (excluding diaryl/α,β-unsaturated/α-hetero) is 1. The van der Waals surface area contributed by atoms with Crippen LogP contribution in [0.15, 0.2) is 54.9 Å². The highest BCUT2D eigenvalue weighted by Gasteiger charge is 2.08. The van der Waals surface area contributed by atoms with E-state index in [9.17, 15) is 9.59 Å². The number of rotatable bonds is 3. The second kappa shape index (κ2) is 17.3. The maximum absolute atomic E-state index is 11.3. The summed E-state index contributed by atoms with van der Waals surface area (Å²) in [6.07, 6.45) is 3.73. The zero-order valence-corrected chi connectivity index (χ0v) is 17.2. The van der Waals surface area contributed by atoms with Gasteiger partial charge in [0.1, 0.15) is 0 Å². The van der Waals surface area contributed by atoms with E-state index in [1.54, 1.807) is 31.5 Å². The van der Waals surface area contributed by atoms with Gasteiger partial charge in [-0.25, -0.2) is 0 Å². The third-order valence-electron chi connectivity index (χ3n) is 2.93. The van der Waals surface area contributed by atoms with Crippen molar-refractivity contribution in [2.24, 2.45) is 5.92 Å². The van der Waals surface area contributed by atoms with Gasteiger partial charge in [-0.05, 0) is 19.1 Å². The van der Waals surface area contributed by atoms with Crippen LogP contribution in [0.3, 0.4) is 0 Å². The molecule has 0 aliphatic heterocycles. The minimum absolute atomic E-state index is 0.0548. The van der Waals surface area contributed by atoms with Crippen LogP contribution in [0.5, 0.6) is 0 Å². The third kappa shape index (κ3) is 13.9. The minimum Gasteiger partial charge on any atom is -0.469 e. The van der Waals surface area contributed by atoms with Gasteiger partial charge in [-0.15, -0.1) is 0 Å². The van der Waals surface area contributed by atoms with E-state index in [0.717, 1.165) is 0 Å². The van der Waals surface area contributed by atoms with E-state index in [1.165, 1.54) is 12.7 Å². The number of nitrogens with zero attached hydrogens (tertiary/aromatic N) is 1. The normalized spacial score (nSPS) is 8.62. The second-order valence-corrected chi connectivity index (χ2v) is 5.35. The third-order valence-corrected chi connectivity index (χ3v) is 2.93. The van der Waals surface area contributed by atoms with Crippen molar-refractivity contribution in [2.75, 3.05) is 7.11 Å². The number of hydrogen-bond donors (Lipinski definition) is 0. The lowest BCUT2D eigenvalue weighted by molar-refractivity contribution is -0.140. The zero-order chi connectivity index (χ0) is 20.4. The first-order valence-corrected chi connectivity index (χ1v) is 8.95. The SMILES string of the molecule is CC.CC(C)C(=O)c1cccnc1.CCC(=O)OC.Cc1ccccc1. The lowest BCUT2D eigenvalue weighted by Crippen LogP contribution is -2.07. The van der Waals surface area contributed by atoms with Crippen LogP contribution < -0.4 is 0 Å². The Bertz CT molecular complexity index is 575. The first-order valence-electron chi connectivity index (χ1n) is 8.95. The molecule has 0 saturated carbocycles. The number of carbonyl (C=O) groups is 2. The Hall–Kier alpha value is -2.49. The van der Waals surface area contributed by atoms with Gasteiger partial charge < -0.3 is 4.74 Å². The molecule has 0 aliphatic rings. The summed E-state index contributed by atoms with van der Waals surface area (Å²) >= 11 is 0. The summed E-state index contributed by atoms with van der Waals surface area (Å²) in [4.78, 5) is 25.1. The van der Waals surface area contributed by atoms with Crippen molar-refractivity contribution < 1.29 is 14.3 Å². The summed E-state index contributed by atoms with van der Waals surface area (Å²) in [5.41, 5.74) is 2.02. The zero-order valence-electron chi connectivity index (χ0n) is 17.2. The van der Waals surface area contributed by atoms with Crippen molar-refractivity contribution in [1.29, 1.82) is 0 Å². The van der Waals surface area contributed by atoms with Crippen molar-refractivity contribution in [2.45, 2.75) is 48.0 Å². The van der Waals surface area contributed by atoms with Crippen LogP contribution in [0.1, 0.15) is 57.0 Å². The molecule has 0 radical (unpaired) electrons. The van der Waals surface area contributed by atoms with Gasteiger partial charge in [0.25, 0.3) is 0 Å². The van der Waals surface area contributed by atoms with Crippen molar-refractivity contribution in [3.05, 3.63) is 66.0 Å². The largest absolute Gasteiger partial charge is 0.469 e. The molecule has 1 heterocycles. The Morgan fingerprint density at radius 2 is 1.62 bits per heavy atom. The molecule has 0 saturated heterocycles. The molecule has 0 bridgehead atoms. The fraction of sp³-hybridized carbons (Fsp3) is 0.409. The summed E-state index contributed by atoms with van der Waals surface area (Å²) in [7, 11) is 1.38. The number of esters is 1. The lowest BCUT2D eigenvalue weighted by Gasteiger charge is -2.01. The van der Waals surface area contributed by atoms with Crippen molar-refractivity contribution >= 4 is 11.8 Å². The molecule has 26 heavy (non-hydrogen) atoms. The minimum atomic E-state index is -0.157. The maximum atomic E-state index is 11.3.